The van der Waals surface area contributed by atoms with Crippen molar-refractivity contribution in [3.8, 4) is 0 Å². The van der Waals surface area contributed by atoms with Crippen LogP contribution in [0.4, 0.5) is 4.79 Å². The van der Waals surface area contributed by atoms with E-state index in [0.29, 0.717) is 0 Å². The molecule has 0 fully saturated rings. The number of hydroxylamine groups is 1. The second kappa shape index (κ2) is 3.03. The standard InChI is InChI=1S/C2H3N2O3S/c3-1(8)7-4-2(5)6/h4H,(H2,3,8). The first-order valence-electron chi connectivity index (χ1n) is 1.56. The molecule has 0 aliphatic rings. The summed E-state index contributed by atoms with van der Waals surface area (Å²) < 4.78 is 0. The molecule has 0 aromatic heterocycles. The average Bonchev–Trinajstić information content (AvgIpc) is 1.61. The Bertz CT molecular complexity index is 99.9. The Kier molecular flexibility index (Phi) is 2.63. The molecule has 0 unspecified atom stereocenters. The quantitative estimate of drug-likeness (QED) is 0.340. The summed E-state index contributed by atoms with van der Waals surface area (Å²) in [6.07, 6.45) is -1.59. The summed E-state index contributed by atoms with van der Waals surface area (Å²) in [5.41, 5.74) is 6.08. The average molecular weight is 135 g/mol. The highest BCUT2D eigenvalue weighted by Gasteiger charge is 1.95. The van der Waals surface area contributed by atoms with Gasteiger partial charge in [-0.3, -0.25) is 0 Å². The van der Waals surface area contributed by atoms with Gasteiger partial charge in [0, 0.05) is 0 Å². The van der Waals surface area contributed by atoms with E-state index in [-0.39, 0.29) is 0 Å². The summed E-state index contributed by atoms with van der Waals surface area (Å²) in [5, 5.41) is 9.05. The van der Waals surface area contributed by atoms with Gasteiger partial charge in [-0.2, -0.15) is 0 Å². The van der Waals surface area contributed by atoms with Crippen LogP contribution in [0.1, 0.15) is 0 Å². The molecule has 0 aromatic rings. The first-order valence-corrected chi connectivity index (χ1v) is 1.97. The zero-order valence-electron chi connectivity index (χ0n) is 3.71. The van der Waals surface area contributed by atoms with Gasteiger partial charge in [0.2, 0.25) is 0 Å². The first-order chi connectivity index (χ1) is 3.63. The second-order valence-electron chi connectivity index (χ2n) is 0.811. The third kappa shape index (κ3) is 4.96. The van der Waals surface area contributed by atoms with Crippen LogP contribution in [0.25, 0.3) is 0 Å². The number of hydrogen-bond donors (Lipinski definition) is 2. The fourth-order valence-corrected chi connectivity index (χ4v) is 0.134. The normalized spacial score (nSPS) is 7.50. The summed E-state index contributed by atoms with van der Waals surface area (Å²) in [7, 11) is 0. The minimum absolute atomic E-state index is 0.394. The topological polar surface area (TPSA) is 84.2 Å². The molecule has 3 N–H and O–H groups in total. The van der Waals surface area contributed by atoms with E-state index in [1.165, 1.54) is 5.48 Å². The van der Waals surface area contributed by atoms with Gasteiger partial charge in [-0.1, -0.05) is 0 Å². The predicted molar refractivity (Wildman–Crippen MR) is 27.1 cm³/mol. The summed E-state index contributed by atoms with van der Waals surface area (Å²) in [6, 6.07) is 0. The van der Waals surface area contributed by atoms with Crippen molar-refractivity contribution < 1.29 is 14.7 Å². The lowest BCUT2D eigenvalue weighted by molar-refractivity contribution is 0.110. The maximum absolute atomic E-state index is 9.44. The van der Waals surface area contributed by atoms with Crippen molar-refractivity contribution in [1.29, 1.82) is 0 Å². The summed E-state index contributed by atoms with van der Waals surface area (Å²) in [6.45, 7) is 0. The number of rotatable bonds is 0. The Balaban J connectivity index is 3.18. The number of nitrogens with one attached hydrogen (secondary N) is 1. The fraction of sp³-hybridized carbons (Fsp3) is 0. The Hall–Kier alpha value is -1.04. The predicted octanol–water partition coefficient (Wildman–Crippen LogP) is -0.698. The van der Waals surface area contributed by atoms with Crippen LogP contribution in [-0.4, -0.2) is 11.3 Å². The molecular formula is C2H3N2O3S. The molecule has 0 heterocycles. The van der Waals surface area contributed by atoms with E-state index >= 15 is 0 Å². The Morgan fingerprint density at radius 2 is 2.25 bits per heavy atom. The van der Waals surface area contributed by atoms with Gasteiger partial charge in [0.25, 0.3) is 5.17 Å². The van der Waals surface area contributed by atoms with Crippen LogP contribution in [0.5, 0.6) is 0 Å². The van der Waals surface area contributed by atoms with E-state index in [4.69, 9.17) is 5.73 Å². The molecule has 0 atom stereocenters. The molecule has 0 spiro atoms. The van der Waals surface area contributed by atoms with Gasteiger partial charge >= 0.3 is 6.09 Å². The number of thiocarbonyl (C=S) groups is 1. The van der Waals surface area contributed by atoms with Crippen LogP contribution in [0.2, 0.25) is 0 Å². The lowest BCUT2D eigenvalue weighted by Gasteiger charge is -1.95. The second-order valence-corrected chi connectivity index (χ2v) is 1.21. The van der Waals surface area contributed by atoms with Gasteiger partial charge in [-0.15, -0.1) is 5.48 Å². The highest BCUT2D eigenvalue weighted by atomic mass is 32.1. The van der Waals surface area contributed by atoms with Crippen molar-refractivity contribution >= 4 is 23.5 Å². The summed E-state index contributed by atoms with van der Waals surface area (Å²) in [4.78, 5) is 13.3. The molecule has 6 heteroatoms. The molecule has 5 nitrogen and oxygen atoms in total. The van der Waals surface area contributed by atoms with Crippen LogP contribution >= 0.6 is 12.2 Å². The zero-order valence-corrected chi connectivity index (χ0v) is 4.53. The number of carbonyl (C=O) groups is 1. The van der Waals surface area contributed by atoms with E-state index in [1.54, 1.807) is 0 Å². The van der Waals surface area contributed by atoms with Crippen molar-refractivity contribution in [3.63, 3.8) is 0 Å². The number of nitrogens with two attached hydrogens (primary N) is 1. The van der Waals surface area contributed by atoms with Gasteiger partial charge in [0.05, 0.1) is 0 Å². The van der Waals surface area contributed by atoms with Crippen LogP contribution in [-0.2, 0) is 9.94 Å². The molecule has 8 heavy (non-hydrogen) atoms. The van der Waals surface area contributed by atoms with Crippen molar-refractivity contribution in [1.82, 2.24) is 5.48 Å². The lowest BCUT2D eigenvalue weighted by Crippen LogP contribution is -2.27. The lowest BCUT2D eigenvalue weighted by atomic mass is 11.3. The zero-order chi connectivity index (χ0) is 6.57. The number of carbonyl (C=O) groups excluding carboxylic acids is 1. The third-order valence-electron chi connectivity index (χ3n) is 0.235. The van der Waals surface area contributed by atoms with Gasteiger partial charge < -0.3 is 10.6 Å². The van der Waals surface area contributed by atoms with Gasteiger partial charge in [-0.25, -0.2) is 9.90 Å². The molecule has 0 saturated carbocycles. The van der Waals surface area contributed by atoms with Crippen molar-refractivity contribution in [2.75, 3.05) is 0 Å². The molecule has 0 rings (SSSR count). The first kappa shape index (κ1) is 6.96. The minimum atomic E-state index is -1.59. The Labute approximate surface area is 50.4 Å². The van der Waals surface area contributed by atoms with Crippen molar-refractivity contribution in [2.24, 2.45) is 5.73 Å². The number of hydrogen-bond acceptors (Lipinski definition) is 3. The highest BCUT2D eigenvalue weighted by molar-refractivity contribution is 7.79. The van der Waals surface area contributed by atoms with E-state index in [2.05, 4.69) is 17.1 Å². The molecule has 0 aliphatic heterocycles. The van der Waals surface area contributed by atoms with E-state index in [1.807, 2.05) is 0 Å². The minimum Gasteiger partial charge on any atom is -0.358 e. The molecule has 0 aliphatic carbocycles. The van der Waals surface area contributed by atoms with Crippen molar-refractivity contribution in [2.45, 2.75) is 0 Å². The Morgan fingerprint density at radius 1 is 1.75 bits per heavy atom. The monoisotopic (exact) mass is 135 g/mol. The molecule has 0 aromatic carbocycles. The third-order valence-corrected chi connectivity index (χ3v) is 0.318. The SMILES string of the molecule is NC(=S)ONC([O])=O. The summed E-state index contributed by atoms with van der Waals surface area (Å²) in [5.74, 6) is 0. The smallest absolute Gasteiger partial charge is 0.358 e. The molecule has 0 bridgehead atoms. The van der Waals surface area contributed by atoms with Crippen LogP contribution in [0.3, 0.4) is 0 Å². The maximum Gasteiger partial charge on any atom is 0.482 e. The molecule has 1 radical (unpaired) electrons. The van der Waals surface area contributed by atoms with Crippen molar-refractivity contribution in [3.05, 3.63) is 0 Å². The van der Waals surface area contributed by atoms with Crippen LogP contribution < -0.4 is 11.2 Å². The molecule has 0 saturated heterocycles. The van der Waals surface area contributed by atoms with E-state index < -0.39 is 11.3 Å². The van der Waals surface area contributed by atoms with E-state index in [0.717, 1.165) is 0 Å². The Morgan fingerprint density at radius 3 is 2.38 bits per heavy atom. The highest BCUT2D eigenvalue weighted by Crippen LogP contribution is 1.66. The molecule has 45 valence electrons. The largest absolute Gasteiger partial charge is 0.482 e. The van der Waals surface area contributed by atoms with Crippen LogP contribution in [0, 0.1) is 0 Å². The van der Waals surface area contributed by atoms with Gasteiger partial charge in [0.15, 0.2) is 0 Å². The van der Waals surface area contributed by atoms with Crippen LogP contribution in [0.15, 0.2) is 0 Å². The number of amides is 1. The molecule has 1 amide bonds. The van der Waals surface area contributed by atoms with Gasteiger partial charge in [0.1, 0.15) is 0 Å². The summed E-state index contributed by atoms with van der Waals surface area (Å²) >= 11 is 4.12. The van der Waals surface area contributed by atoms with E-state index in [9.17, 15) is 9.90 Å². The molecular weight excluding hydrogens is 132 g/mol. The maximum atomic E-state index is 9.44. The van der Waals surface area contributed by atoms with Gasteiger partial charge in [-0.05, 0) is 12.2 Å². The fourth-order valence-electron chi connectivity index (χ4n) is 0.0920.